The van der Waals surface area contributed by atoms with Gasteiger partial charge in [0.05, 0.1) is 45.8 Å². The van der Waals surface area contributed by atoms with E-state index in [1.807, 2.05) is 35.2 Å². The number of carbonyl (C=O) groups excluding carboxylic acids is 1. The molecule has 0 fully saturated rings. The Kier molecular flexibility index (Phi) is 5.22. The lowest BCUT2D eigenvalue weighted by molar-refractivity contribution is 0.0950. The van der Waals surface area contributed by atoms with E-state index >= 15 is 0 Å². The highest BCUT2D eigenvalue weighted by Crippen LogP contribution is 2.34. The molecular formula is C20H20N6O2S. The van der Waals surface area contributed by atoms with E-state index in [0.717, 1.165) is 21.8 Å². The highest BCUT2D eigenvalue weighted by molar-refractivity contribution is 7.13. The molecule has 9 heteroatoms. The summed E-state index contributed by atoms with van der Waals surface area (Å²) in [5.41, 5.74) is 3.78. The van der Waals surface area contributed by atoms with Crippen molar-refractivity contribution in [1.29, 1.82) is 0 Å². The summed E-state index contributed by atoms with van der Waals surface area (Å²) in [5, 5.41) is 13.4. The van der Waals surface area contributed by atoms with E-state index in [0.29, 0.717) is 35.9 Å². The molecule has 0 aliphatic carbocycles. The van der Waals surface area contributed by atoms with Crippen LogP contribution >= 0.6 is 11.3 Å². The number of amides is 1. The Balaban J connectivity index is 1.53. The van der Waals surface area contributed by atoms with Crippen molar-refractivity contribution in [2.75, 3.05) is 6.54 Å². The second-order valence-electron chi connectivity index (χ2n) is 6.61. The molecule has 1 N–H and O–H groups in total. The van der Waals surface area contributed by atoms with Crippen LogP contribution in [0.25, 0.3) is 21.9 Å². The summed E-state index contributed by atoms with van der Waals surface area (Å²) in [6.45, 7) is 6.41. The van der Waals surface area contributed by atoms with E-state index in [1.165, 1.54) is 0 Å². The number of thiophene rings is 1. The van der Waals surface area contributed by atoms with Crippen molar-refractivity contribution >= 4 is 17.2 Å². The van der Waals surface area contributed by atoms with E-state index in [4.69, 9.17) is 4.52 Å². The maximum absolute atomic E-state index is 12.5. The molecule has 0 saturated carbocycles. The average molecular weight is 408 g/mol. The van der Waals surface area contributed by atoms with Gasteiger partial charge in [-0.25, -0.2) is 9.97 Å². The van der Waals surface area contributed by atoms with Gasteiger partial charge in [0.1, 0.15) is 5.82 Å². The summed E-state index contributed by atoms with van der Waals surface area (Å²) in [6.07, 6.45) is 3.33. The minimum Gasteiger partial charge on any atom is -0.356 e. The number of hydrogen-bond acceptors (Lipinski definition) is 7. The maximum atomic E-state index is 12.5. The van der Waals surface area contributed by atoms with Gasteiger partial charge in [-0.05, 0) is 32.2 Å². The molecule has 0 radical (unpaired) electrons. The van der Waals surface area contributed by atoms with Crippen LogP contribution in [0.1, 0.15) is 27.6 Å². The molecule has 4 rings (SSSR count). The Morgan fingerprint density at radius 1 is 1.28 bits per heavy atom. The quantitative estimate of drug-likeness (QED) is 0.525. The minimum absolute atomic E-state index is 0.196. The van der Waals surface area contributed by atoms with E-state index < -0.39 is 0 Å². The summed E-state index contributed by atoms with van der Waals surface area (Å²) >= 11 is 1.62. The Bertz CT molecular complexity index is 1150. The molecule has 4 aromatic rings. The molecule has 4 aromatic heterocycles. The lowest BCUT2D eigenvalue weighted by atomic mass is 10.1. The molecule has 0 atom stereocenters. The van der Waals surface area contributed by atoms with Gasteiger partial charge in [-0.3, -0.25) is 9.48 Å². The fourth-order valence-corrected chi connectivity index (χ4v) is 3.86. The van der Waals surface area contributed by atoms with E-state index in [2.05, 4.69) is 25.5 Å². The maximum Gasteiger partial charge on any atom is 0.254 e. The van der Waals surface area contributed by atoms with Crippen LogP contribution in [-0.4, -0.2) is 37.4 Å². The smallest absolute Gasteiger partial charge is 0.254 e. The minimum atomic E-state index is -0.196. The summed E-state index contributed by atoms with van der Waals surface area (Å²) in [7, 11) is 0. The third kappa shape index (κ3) is 3.95. The molecule has 0 aliphatic rings. The van der Waals surface area contributed by atoms with Crippen LogP contribution in [-0.2, 0) is 6.54 Å². The van der Waals surface area contributed by atoms with Gasteiger partial charge in [-0.1, -0.05) is 11.2 Å². The van der Waals surface area contributed by atoms with Gasteiger partial charge in [-0.15, -0.1) is 11.3 Å². The lowest BCUT2D eigenvalue weighted by Gasteiger charge is -2.10. The molecule has 0 aromatic carbocycles. The van der Waals surface area contributed by atoms with E-state index in [-0.39, 0.29) is 5.91 Å². The van der Waals surface area contributed by atoms with Crippen molar-refractivity contribution in [2.45, 2.75) is 27.3 Å². The average Bonchev–Trinajstić information content (AvgIpc) is 3.41. The Hall–Kier alpha value is -3.33. The second-order valence-corrected chi connectivity index (χ2v) is 7.56. The van der Waals surface area contributed by atoms with Crippen molar-refractivity contribution in [3.63, 3.8) is 0 Å². The number of aryl methyl sites for hydroxylation is 3. The molecule has 0 saturated heterocycles. The number of hydrogen-bond donors (Lipinski definition) is 1. The summed E-state index contributed by atoms with van der Waals surface area (Å²) < 4.78 is 7.32. The van der Waals surface area contributed by atoms with Gasteiger partial charge in [0.15, 0.2) is 5.76 Å². The van der Waals surface area contributed by atoms with Gasteiger partial charge in [0.25, 0.3) is 5.91 Å². The molecule has 8 nitrogen and oxygen atoms in total. The SMILES string of the molecule is Cc1cc(-c2cnn(CCNC(=O)c3cnc(C)nc3C)c2-c2cccs2)on1. The lowest BCUT2D eigenvalue weighted by Crippen LogP contribution is -2.28. The number of nitrogens with zero attached hydrogens (tertiary/aromatic N) is 5. The van der Waals surface area contributed by atoms with Crippen LogP contribution in [0.4, 0.5) is 0 Å². The fraction of sp³-hybridized carbons (Fsp3) is 0.250. The van der Waals surface area contributed by atoms with E-state index in [9.17, 15) is 4.79 Å². The van der Waals surface area contributed by atoms with Gasteiger partial charge in [0, 0.05) is 18.8 Å². The molecule has 148 valence electrons. The third-order valence-electron chi connectivity index (χ3n) is 4.44. The number of aromatic nitrogens is 5. The molecule has 29 heavy (non-hydrogen) atoms. The Labute approximate surface area is 171 Å². The number of carbonyl (C=O) groups is 1. The standard InChI is InChI=1S/C20H20N6O2S/c1-12-9-17(28-25-12)16-11-23-26(19(16)18-5-4-8-29-18)7-6-21-20(27)15-10-22-14(3)24-13(15)2/h4-5,8-11H,6-7H2,1-3H3,(H,21,27). The first kappa shape index (κ1) is 19.0. The largest absolute Gasteiger partial charge is 0.356 e. The first-order valence-corrected chi connectivity index (χ1v) is 10.0. The molecular weight excluding hydrogens is 388 g/mol. The highest BCUT2D eigenvalue weighted by atomic mass is 32.1. The first-order valence-electron chi connectivity index (χ1n) is 9.14. The molecule has 0 unspecified atom stereocenters. The number of rotatable bonds is 6. The normalized spacial score (nSPS) is 11.0. The summed E-state index contributed by atoms with van der Waals surface area (Å²) in [6, 6.07) is 5.92. The first-order chi connectivity index (χ1) is 14.0. The highest BCUT2D eigenvalue weighted by Gasteiger charge is 2.19. The van der Waals surface area contributed by atoms with Gasteiger partial charge in [0.2, 0.25) is 0 Å². The Morgan fingerprint density at radius 2 is 2.14 bits per heavy atom. The zero-order chi connectivity index (χ0) is 20.4. The fourth-order valence-electron chi connectivity index (χ4n) is 3.08. The third-order valence-corrected chi connectivity index (χ3v) is 5.32. The van der Waals surface area contributed by atoms with Crippen molar-refractivity contribution in [1.82, 2.24) is 30.2 Å². The molecule has 0 bridgehead atoms. The van der Waals surface area contributed by atoms with Crippen LogP contribution < -0.4 is 5.32 Å². The van der Waals surface area contributed by atoms with E-state index in [1.54, 1.807) is 37.6 Å². The monoisotopic (exact) mass is 408 g/mol. The van der Waals surface area contributed by atoms with Crippen molar-refractivity contribution in [2.24, 2.45) is 0 Å². The zero-order valence-electron chi connectivity index (χ0n) is 16.3. The van der Waals surface area contributed by atoms with Crippen molar-refractivity contribution in [3.05, 3.63) is 58.7 Å². The molecule has 1 amide bonds. The van der Waals surface area contributed by atoms with Crippen LogP contribution in [0.15, 0.2) is 40.5 Å². The summed E-state index contributed by atoms with van der Waals surface area (Å²) in [4.78, 5) is 21.9. The number of nitrogens with one attached hydrogen (secondary N) is 1. The predicted octanol–water partition coefficient (Wildman–Crippen LogP) is 3.41. The van der Waals surface area contributed by atoms with Gasteiger partial charge >= 0.3 is 0 Å². The van der Waals surface area contributed by atoms with Gasteiger partial charge in [-0.2, -0.15) is 5.10 Å². The summed E-state index contributed by atoms with van der Waals surface area (Å²) in [5.74, 6) is 1.12. The topological polar surface area (TPSA) is 98.7 Å². The predicted molar refractivity (Wildman–Crippen MR) is 110 cm³/mol. The van der Waals surface area contributed by atoms with Crippen LogP contribution in [0, 0.1) is 20.8 Å². The molecule has 4 heterocycles. The molecule has 0 spiro atoms. The zero-order valence-corrected chi connectivity index (χ0v) is 17.2. The van der Waals surface area contributed by atoms with Crippen molar-refractivity contribution < 1.29 is 9.32 Å². The second kappa shape index (κ2) is 7.96. The van der Waals surface area contributed by atoms with Crippen LogP contribution in [0.2, 0.25) is 0 Å². The van der Waals surface area contributed by atoms with Gasteiger partial charge < -0.3 is 9.84 Å². The van der Waals surface area contributed by atoms with Crippen molar-refractivity contribution in [3.8, 4) is 21.9 Å². The van der Waals surface area contributed by atoms with Crippen LogP contribution in [0.3, 0.4) is 0 Å². The Morgan fingerprint density at radius 3 is 2.83 bits per heavy atom. The molecule has 0 aliphatic heterocycles. The van der Waals surface area contributed by atoms with Crippen LogP contribution in [0.5, 0.6) is 0 Å².